The van der Waals surface area contributed by atoms with Crippen molar-refractivity contribution < 1.29 is 23.4 Å². The Bertz CT molecular complexity index is 1820. The van der Waals surface area contributed by atoms with E-state index in [1.807, 2.05) is 16.7 Å². The minimum absolute atomic E-state index is 0.00273. The van der Waals surface area contributed by atoms with Gasteiger partial charge in [-0.1, -0.05) is 12.2 Å². The molecule has 2 aromatic carbocycles. The number of carbonyl (C=O) groups is 1. The lowest BCUT2D eigenvalue weighted by atomic mass is 9.89. The first kappa shape index (κ1) is 27.4. The molecular weight excluding hydrogens is 563 g/mol. The van der Waals surface area contributed by atoms with Crippen LogP contribution >= 0.6 is 0 Å². The van der Waals surface area contributed by atoms with E-state index in [2.05, 4.69) is 29.4 Å². The van der Waals surface area contributed by atoms with Crippen molar-refractivity contribution in [2.45, 2.75) is 38.1 Å². The molecule has 1 amide bonds. The molecular formula is C34H35FN4O5. The quantitative estimate of drug-likeness (QED) is 0.342. The van der Waals surface area contributed by atoms with E-state index in [1.165, 1.54) is 11.6 Å². The summed E-state index contributed by atoms with van der Waals surface area (Å²) in [7, 11) is 2.12. The first-order valence-electron chi connectivity index (χ1n) is 15.6. The fourth-order valence-corrected chi connectivity index (χ4v) is 7.27. The maximum absolute atomic E-state index is 16.0. The van der Waals surface area contributed by atoms with Crippen LogP contribution in [0.15, 0.2) is 46.9 Å². The van der Waals surface area contributed by atoms with Crippen LogP contribution in [-0.2, 0) is 4.74 Å². The van der Waals surface area contributed by atoms with Crippen molar-refractivity contribution in [3.05, 3.63) is 69.3 Å². The largest absolute Gasteiger partial charge is 0.488 e. The molecule has 0 saturated carbocycles. The Balaban J connectivity index is 1.29. The molecule has 44 heavy (non-hydrogen) atoms. The zero-order valence-electron chi connectivity index (χ0n) is 24.8. The fraction of sp³-hybridized carbons (Fsp3) is 0.412. The highest BCUT2D eigenvalue weighted by Gasteiger charge is 2.32. The van der Waals surface area contributed by atoms with E-state index in [0.717, 1.165) is 49.8 Å². The molecule has 1 unspecified atom stereocenters. The van der Waals surface area contributed by atoms with Crippen molar-refractivity contribution in [2.75, 3.05) is 58.4 Å². The van der Waals surface area contributed by atoms with E-state index in [4.69, 9.17) is 14.2 Å². The Morgan fingerprint density at radius 3 is 2.82 bits per heavy atom. The number of amides is 1. The van der Waals surface area contributed by atoms with Crippen LogP contribution in [0.5, 0.6) is 17.2 Å². The third kappa shape index (κ3) is 4.42. The molecule has 5 heterocycles. The van der Waals surface area contributed by atoms with Gasteiger partial charge in [-0.05, 0) is 69.0 Å². The van der Waals surface area contributed by atoms with Gasteiger partial charge in [0.15, 0.2) is 17.3 Å². The number of aromatic nitrogens is 1. The minimum Gasteiger partial charge on any atom is -0.488 e. The van der Waals surface area contributed by atoms with E-state index < -0.39 is 11.2 Å². The summed E-state index contributed by atoms with van der Waals surface area (Å²) in [6.45, 7) is 3.70. The second-order valence-electron chi connectivity index (χ2n) is 12.2. The van der Waals surface area contributed by atoms with Crippen molar-refractivity contribution in [2.24, 2.45) is 0 Å². The van der Waals surface area contributed by atoms with Crippen LogP contribution in [-0.4, -0.2) is 79.4 Å². The number of hydrogen-bond acceptors (Lipinski definition) is 7. The van der Waals surface area contributed by atoms with Crippen LogP contribution < -0.4 is 20.2 Å². The summed E-state index contributed by atoms with van der Waals surface area (Å²) < 4.78 is 35.8. The van der Waals surface area contributed by atoms with E-state index in [1.54, 1.807) is 11.1 Å². The standard InChI is InChI=1S/C34H35FN4O5/c1-37-10-4-6-21(37)8-9-36-30-26(35)15-24-31-33(30)44-29-17-28-23(22-7-3-2-5-20(22)19-43-28)16-27(29)39(31)18-25(32(24)40)34(41)38-11-13-42-14-12-38/h2,5,15-18,21,36H,3-4,6-14,19H2,1H3. The Morgan fingerprint density at radius 1 is 1.14 bits per heavy atom. The summed E-state index contributed by atoms with van der Waals surface area (Å²) in [6, 6.07) is 5.56. The number of pyridine rings is 1. The Kier molecular flexibility index (Phi) is 6.71. The number of anilines is 1. The third-order valence-corrected chi connectivity index (χ3v) is 9.68. The van der Waals surface area contributed by atoms with Crippen molar-refractivity contribution >= 4 is 28.1 Å². The third-order valence-electron chi connectivity index (χ3n) is 9.68. The monoisotopic (exact) mass is 598 g/mol. The fourth-order valence-electron chi connectivity index (χ4n) is 7.27. The minimum atomic E-state index is -0.589. The number of halogens is 1. The van der Waals surface area contributed by atoms with Gasteiger partial charge in [0.25, 0.3) is 5.91 Å². The molecule has 10 heteroatoms. The van der Waals surface area contributed by atoms with E-state index in [9.17, 15) is 9.59 Å². The van der Waals surface area contributed by atoms with Gasteiger partial charge >= 0.3 is 0 Å². The van der Waals surface area contributed by atoms with Gasteiger partial charge in [-0.15, -0.1) is 0 Å². The number of rotatable bonds is 5. The number of nitrogens with one attached hydrogen (secondary N) is 1. The van der Waals surface area contributed by atoms with Crippen molar-refractivity contribution in [1.29, 1.82) is 0 Å². The normalized spacial score (nSPS) is 20.6. The zero-order valence-corrected chi connectivity index (χ0v) is 24.8. The average molecular weight is 599 g/mol. The van der Waals surface area contributed by atoms with Crippen LogP contribution in [0.4, 0.5) is 10.1 Å². The molecule has 1 atom stereocenters. The van der Waals surface area contributed by atoms with Gasteiger partial charge in [-0.3, -0.25) is 9.59 Å². The smallest absolute Gasteiger partial charge is 0.259 e. The molecule has 0 spiro atoms. The number of hydrogen-bond donors (Lipinski definition) is 1. The molecule has 1 aromatic heterocycles. The van der Waals surface area contributed by atoms with Gasteiger partial charge < -0.3 is 33.9 Å². The summed E-state index contributed by atoms with van der Waals surface area (Å²) in [5.74, 6) is 0.453. The van der Waals surface area contributed by atoms with E-state index in [0.29, 0.717) is 68.2 Å². The second-order valence-corrected chi connectivity index (χ2v) is 12.2. The molecule has 4 aliphatic heterocycles. The van der Waals surface area contributed by atoms with Gasteiger partial charge in [0.05, 0.1) is 24.3 Å². The SMILES string of the molecule is CN1CCCC1CCNc1c(F)cc2c(=O)c(C(=O)N3CCOCC3)cn3c2c1Oc1cc2c(cc1-3)C1=C(C=CCC1)CO2. The second kappa shape index (κ2) is 10.8. The summed E-state index contributed by atoms with van der Waals surface area (Å²) in [5.41, 5.74) is 4.16. The zero-order chi connectivity index (χ0) is 29.9. The highest BCUT2D eigenvalue weighted by molar-refractivity contribution is 6.01. The molecule has 5 aliphatic rings. The lowest BCUT2D eigenvalue weighted by Crippen LogP contribution is -2.42. The topological polar surface area (TPSA) is 85.3 Å². The Morgan fingerprint density at radius 2 is 2.00 bits per heavy atom. The molecule has 2 saturated heterocycles. The predicted molar refractivity (Wildman–Crippen MR) is 166 cm³/mol. The molecule has 8 rings (SSSR count). The summed E-state index contributed by atoms with van der Waals surface area (Å²) in [4.78, 5) is 31.6. The summed E-state index contributed by atoms with van der Waals surface area (Å²) in [6.07, 6.45) is 10.9. The molecule has 228 valence electrons. The molecule has 2 fully saturated rings. The van der Waals surface area contributed by atoms with Gasteiger partial charge in [0, 0.05) is 43.5 Å². The van der Waals surface area contributed by atoms with E-state index >= 15 is 4.39 Å². The van der Waals surface area contributed by atoms with Gasteiger partial charge in [-0.2, -0.15) is 0 Å². The number of likely N-dealkylation sites (tertiary alicyclic amines) is 1. The number of benzene rings is 2. The number of fused-ring (bicyclic) bond motifs is 4. The van der Waals surface area contributed by atoms with Crippen LogP contribution in [0.2, 0.25) is 0 Å². The van der Waals surface area contributed by atoms with Crippen LogP contribution in [0.1, 0.15) is 48.0 Å². The number of morpholine rings is 1. The van der Waals surface area contributed by atoms with Gasteiger partial charge in [0.1, 0.15) is 29.1 Å². The molecule has 0 radical (unpaired) electrons. The number of nitrogens with zero attached hydrogens (tertiary/aromatic N) is 3. The number of allylic oxidation sites excluding steroid dienone is 2. The molecule has 0 bridgehead atoms. The molecule has 1 aliphatic carbocycles. The number of carbonyl (C=O) groups excluding carboxylic acids is 1. The molecule has 1 N–H and O–H groups in total. The van der Waals surface area contributed by atoms with Crippen molar-refractivity contribution in [3.8, 4) is 22.9 Å². The Hall–Kier alpha value is -4.15. The lowest BCUT2D eigenvalue weighted by Gasteiger charge is -2.31. The Labute approximate surface area is 254 Å². The first-order valence-corrected chi connectivity index (χ1v) is 15.6. The molecule has 3 aromatic rings. The maximum Gasteiger partial charge on any atom is 0.259 e. The van der Waals surface area contributed by atoms with Crippen LogP contribution in [0, 0.1) is 5.82 Å². The summed E-state index contributed by atoms with van der Waals surface area (Å²) in [5, 5.41) is 3.40. The van der Waals surface area contributed by atoms with Crippen molar-refractivity contribution in [3.63, 3.8) is 0 Å². The predicted octanol–water partition coefficient (Wildman–Crippen LogP) is 5.10. The highest BCUT2D eigenvalue weighted by atomic mass is 19.1. The van der Waals surface area contributed by atoms with Crippen LogP contribution in [0.3, 0.4) is 0 Å². The molecule has 9 nitrogen and oxygen atoms in total. The first-order chi connectivity index (χ1) is 21.5. The van der Waals surface area contributed by atoms with Gasteiger partial charge in [-0.25, -0.2) is 4.39 Å². The van der Waals surface area contributed by atoms with Gasteiger partial charge in [0.2, 0.25) is 5.43 Å². The maximum atomic E-state index is 16.0. The van der Waals surface area contributed by atoms with Crippen molar-refractivity contribution in [1.82, 2.24) is 14.4 Å². The number of ether oxygens (including phenoxy) is 3. The summed E-state index contributed by atoms with van der Waals surface area (Å²) >= 11 is 0. The average Bonchev–Trinajstić information content (AvgIpc) is 3.46. The lowest BCUT2D eigenvalue weighted by molar-refractivity contribution is 0.0301. The highest BCUT2D eigenvalue weighted by Crippen LogP contribution is 2.49. The van der Waals surface area contributed by atoms with E-state index in [-0.39, 0.29) is 28.3 Å². The van der Waals surface area contributed by atoms with Crippen LogP contribution in [0.25, 0.3) is 22.2 Å².